The first-order valence-electron chi connectivity index (χ1n) is 9.98. The topological polar surface area (TPSA) is 71.3 Å². The van der Waals surface area contributed by atoms with Gasteiger partial charge in [0.25, 0.3) is 5.91 Å². The summed E-state index contributed by atoms with van der Waals surface area (Å²) in [5.74, 6) is 2.38. The number of fused-ring (bicyclic) bond motifs is 3. The van der Waals surface area contributed by atoms with Gasteiger partial charge in [0, 0.05) is 31.2 Å². The van der Waals surface area contributed by atoms with Gasteiger partial charge < -0.3 is 14.6 Å². The van der Waals surface area contributed by atoms with Crippen LogP contribution in [0.3, 0.4) is 0 Å². The molecule has 4 aromatic rings. The van der Waals surface area contributed by atoms with Crippen molar-refractivity contribution in [2.45, 2.75) is 6.42 Å². The number of nitrogens with zero attached hydrogens (tertiary/aromatic N) is 3. The van der Waals surface area contributed by atoms with Gasteiger partial charge in [-0.25, -0.2) is 4.98 Å². The third kappa shape index (κ3) is 2.97. The van der Waals surface area contributed by atoms with Gasteiger partial charge in [-0.2, -0.15) is 0 Å². The summed E-state index contributed by atoms with van der Waals surface area (Å²) >= 11 is 1.78. The Kier molecular flexibility index (Phi) is 3.84. The van der Waals surface area contributed by atoms with E-state index in [1.807, 2.05) is 12.1 Å². The van der Waals surface area contributed by atoms with Gasteiger partial charge in [-0.05, 0) is 48.4 Å². The molecule has 1 aromatic carbocycles. The molecule has 3 aromatic heterocycles. The van der Waals surface area contributed by atoms with Crippen LogP contribution in [0.2, 0.25) is 0 Å². The molecule has 7 heteroatoms. The standard InChI is InChI=1S/C22H20N4O2S/c27-21(18-9-13-5-7-23-10-19(13)28-18)24-8-6-14-15-11-26(12-16(14)15)22-25-17-3-1-2-4-20(17)29-22/h1-5,7,9-10,14-16H,6,8,11-12H2,(H,24,27)/t14?,15-,16+. The maximum Gasteiger partial charge on any atom is 0.287 e. The van der Waals surface area contributed by atoms with Gasteiger partial charge in [0.2, 0.25) is 0 Å². The molecular weight excluding hydrogens is 384 g/mol. The zero-order chi connectivity index (χ0) is 19.4. The molecule has 6 rings (SSSR count). The van der Waals surface area contributed by atoms with Crippen LogP contribution in [-0.4, -0.2) is 35.5 Å². The molecule has 1 amide bonds. The van der Waals surface area contributed by atoms with Crippen molar-refractivity contribution >= 4 is 43.6 Å². The van der Waals surface area contributed by atoms with Gasteiger partial charge in [0.15, 0.2) is 16.5 Å². The molecule has 29 heavy (non-hydrogen) atoms. The summed E-state index contributed by atoms with van der Waals surface area (Å²) in [6.07, 6.45) is 4.36. The smallest absolute Gasteiger partial charge is 0.287 e. The normalized spacial score (nSPS) is 22.9. The summed E-state index contributed by atoms with van der Waals surface area (Å²) < 4.78 is 6.83. The van der Waals surface area contributed by atoms with Crippen molar-refractivity contribution in [3.63, 3.8) is 0 Å². The van der Waals surface area contributed by atoms with Crippen LogP contribution in [0.25, 0.3) is 21.2 Å². The fraction of sp³-hybridized carbons (Fsp3) is 0.318. The SMILES string of the molecule is O=C(NCCC1[C@H]2CN(c3nc4ccccc4s3)C[C@@H]12)c1cc2ccncc2o1. The van der Waals surface area contributed by atoms with E-state index in [2.05, 4.69) is 33.4 Å². The number of hydrogen-bond donors (Lipinski definition) is 1. The highest BCUT2D eigenvalue weighted by Crippen LogP contribution is 2.54. The third-order valence-corrected chi connectivity index (χ3v) is 7.33. The lowest BCUT2D eigenvalue weighted by molar-refractivity contribution is 0.0926. The molecular formula is C22H20N4O2S. The molecule has 1 saturated carbocycles. The van der Waals surface area contributed by atoms with E-state index in [0.29, 0.717) is 23.8 Å². The molecule has 1 N–H and O–H groups in total. The first-order valence-corrected chi connectivity index (χ1v) is 10.8. The summed E-state index contributed by atoms with van der Waals surface area (Å²) in [6.45, 7) is 2.85. The molecule has 3 atom stereocenters. The molecule has 6 nitrogen and oxygen atoms in total. The Bertz CT molecular complexity index is 1140. The van der Waals surface area contributed by atoms with E-state index in [4.69, 9.17) is 9.40 Å². The first kappa shape index (κ1) is 17.0. The Labute approximate surface area is 171 Å². The third-order valence-electron chi connectivity index (χ3n) is 6.23. The lowest BCUT2D eigenvalue weighted by Gasteiger charge is -2.18. The second kappa shape index (κ2) is 6.56. The Balaban J connectivity index is 1.01. The predicted molar refractivity (Wildman–Crippen MR) is 113 cm³/mol. The van der Waals surface area contributed by atoms with E-state index in [1.165, 1.54) is 4.70 Å². The number of pyridine rings is 1. The summed E-state index contributed by atoms with van der Waals surface area (Å²) in [7, 11) is 0. The van der Waals surface area contributed by atoms with Crippen molar-refractivity contribution in [2.75, 3.05) is 24.5 Å². The molecule has 0 spiro atoms. The van der Waals surface area contributed by atoms with Gasteiger partial charge >= 0.3 is 0 Å². The Morgan fingerprint density at radius 1 is 1.24 bits per heavy atom. The molecule has 1 aliphatic carbocycles. The fourth-order valence-corrected chi connectivity index (χ4v) is 5.65. The minimum Gasteiger partial charge on any atom is -0.449 e. The summed E-state index contributed by atoms with van der Waals surface area (Å²) in [4.78, 5) is 23.6. The van der Waals surface area contributed by atoms with E-state index in [0.717, 1.165) is 47.4 Å². The first-order chi connectivity index (χ1) is 14.3. The maximum absolute atomic E-state index is 12.3. The second-order valence-corrected chi connectivity index (χ2v) is 8.94. The van der Waals surface area contributed by atoms with E-state index in [-0.39, 0.29) is 5.91 Å². The summed E-state index contributed by atoms with van der Waals surface area (Å²) in [6, 6.07) is 11.9. The number of thiazole rings is 1. The van der Waals surface area contributed by atoms with Crippen molar-refractivity contribution < 1.29 is 9.21 Å². The minimum absolute atomic E-state index is 0.150. The maximum atomic E-state index is 12.3. The minimum atomic E-state index is -0.150. The van der Waals surface area contributed by atoms with Crippen molar-refractivity contribution in [3.8, 4) is 0 Å². The van der Waals surface area contributed by atoms with E-state index < -0.39 is 0 Å². The number of anilines is 1. The summed E-state index contributed by atoms with van der Waals surface area (Å²) in [5, 5.41) is 5.05. The van der Waals surface area contributed by atoms with Crippen LogP contribution < -0.4 is 10.2 Å². The fourth-order valence-electron chi connectivity index (χ4n) is 4.66. The van der Waals surface area contributed by atoms with E-state index in [1.54, 1.807) is 29.8 Å². The monoisotopic (exact) mass is 404 g/mol. The van der Waals surface area contributed by atoms with Crippen molar-refractivity contribution in [1.29, 1.82) is 0 Å². The number of rotatable bonds is 5. The molecule has 4 heterocycles. The molecule has 2 fully saturated rings. The molecule has 2 aliphatic rings. The van der Waals surface area contributed by atoms with Crippen LogP contribution >= 0.6 is 11.3 Å². The Hall–Kier alpha value is -2.93. The molecule has 1 saturated heterocycles. The number of carbonyl (C=O) groups is 1. The highest BCUT2D eigenvalue weighted by atomic mass is 32.1. The quantitative estimate of drug-likeness (QED) is 0.546. The predicted octanol–water partition coefficient (Wildman–Crippen LogP) is 3.94. The molecule has 146 valence electrons. The number of carbonyl (C=O) groups excluding carboxylic acids is 1. The van der Waals surface area contributed by atoms with Gasteiger partial charge in [-0.15, -0.1) is 0 Å². The summed E-state index contributed by atoms with van der Waals surface area (Å²) in [5.41, 5.74) is 1.73. The van der Waals surface area contributed by atoms with E-state index >= 15 is 0 Å². The zero-order valence-electron chi connectivity index (χ0n) is 15.7. The number of piperidine rings is 1. The molecule has 0 bridgehead atoms. The van der Waals surface area contributed by atoms with E-state index in [9.17, 15) is 4.79 Å². The van der Waals surface area contributed by atoms with Crippen molar-refractivity contribution in [3.05, 3.63) is 54.6 Å². The van der Waals surface area contributed by atoms with Gasteiger partial charge in [-0.1, -0.05) is 23.5 Å². The lowest BCUT2D eigenvalue weighted by atomic mass is 10.2. The molecule has 1 aliphatic heterocycles. The zero-order valence-corrected chi connectivity index (χ0v) is 16.6. The lowest BCUT2D eigenvalue weighted by Crippen LogP contribution is -2.27. The largest absolute Gasteiger partial charge is 0.449 e. The van der Waals surface area contributed by atoms with Gasteiger partial charge in [-0.3, -0.25) is 9.78 Å². The number of para-hydroxylation sites is 1. The highest BCUT2D eigenvalue weighted by molar-refractivity contribution is 7.22. The number of hydrogen-bond acceptors (Lipinski definition) is 6. The van der Waals surface area contributed by atoms with Crippen LogP contribution in [0.4, 0.5) is 5.13 Å². The average molecular weight is 404 g/mol. The number of aromatic nitrogens is 2. The number of nitrogens with one attached hydrogen (secondary N) is 1. The van der Waals surface area contributed by atoms with Crippen molar-refractivity contribution in [2.24, 2.45) is 17.8 Å². The average Bonchev–Trinajstić information content (AvgIpc) is 3.20. The molecule has 0 radical (unpaired) electrons. The Morgan fingerprint density at radius 3 is 2.93 bits per heavy atom. The number of benzene rings is 1. The van der Waals surface area contributed by atoms with Crippen LogP contribution in [-0.2, 0) is 0 Å². The number of amides is 1. The highest BCUT2D eigenvalue weighted by Gasteiger charge is 2.55. The van der Waals surface area contributed by atoms with Gasteiger partial charge in [0.1, 0.15) is 0 Å². The Morgan fingerprint density at radius 2 is 2.10 bits per heavy atom. The van der Waals surface area contributed by atoms with Gasteiger partial charge in [0.05, 0.1) is 16.4 Å². The van der Waals surface area contributed by atoms with Crippen LogP contribution in [0, 0.1) is 17.8 Å². The van der Waals surface area contributed by atoms with Crippen LogP contribution in [0.1, 0.15) is 17.0 Å². The number of furan rings is 1. The van der Waals surface area contributed by atoms with Crippen molar-refractivity contribution in [1.82, 2.24) is 15.3 Å². The molecule has 1 unspecified atom stereocenters. The van der Waals surface area contributed by atoms with Crippen LogP contribution in [0.15, 0.2) is 53.2 Å². The second-order valence-electron chi connectivity index (χ2n) is 7.93. The van der Waals surface area contributed by atoms with Crippen LogP contribution in [0.5, 0.6) is 0 Å².